The highest BCUT2D eigenvalue weighted by Gasteiger charge is 2.49. The van der Waals surface area contributed by atoms with E-state index in [1.165, 1.54) is 0 Å². The molecule has 2 aliphatic rings. The van der Waals surface area contributed by atoms with Gasteiger partial charge in [0.2, 0.25) is 0 Å². The van der Waals surface area contributed by atoms with Gasteiger partial charge in [0.1, 0.15) is 5.60 Å². The summed E-state index contributed by atoms with van der Waals surface area (Å²) >= 11 is 0. The Labute approximate surface area is 116 Å². The van der Waals surface area contributed by atoms with E-state index in [2.05, 4.69) is 19.2 Å². The van der Waals surface area contributed by atoms with Gasteiger partial charge in [-0.3, -0.25) is 0 Å². The Morgan fingerprint density at radius 1 is 1.37 bits per heavy atom. The van der Waals surface area contributed by atoms with Crippen LogP contribution in [0.25, 0.3) is 0 Å². The molecule has 0 aromatic rings. The van der Waals surface area contributed by atoms with Gasteiger partial charge in [0.25, 0.3) is 0 Å². The largest absolute Gasteiger partial charge is 0.444 e. The second-order valence-electron chi connectivity index (χ2n) is 7.24. The maximum absolute atomic E-state index is 12.3. The van der Waals surface area contributed by atoms with Crippen LogP contribution in [-0.4, -0.2) is 41.3 Å². The zero-order valence-corrected chi connectivity index (χ0v) is 12.9. The summed E-state index contributed by atoms with van der Waals surface area (Å²) in [7, 11) is 0. The zero-order chi connectivity index (χ0) is 14.2. The third kappa shape index (κ3) is 3.41. The van der Waals surface area contributed by atoms with Crippen molar-refractivity contribution in [1.29, 1.82) is 0 Å². The minimum Gasteiger partial charge on any atom is -0.444 e. The van der Waals surface area contributed by atoms with Crippen LogP contribution in [-0.2, 0) is 4.74 Å². The lowest BCUT2D eigenvalue weighted by Crippen LogP contribution is -2.42. The van der Waals surface area contributed by atoms with E-state index >= 15 is 0 Å². The fourth-order valence-electron chi connectivity index (χ4n) is 3.32. The lowest BCUT2D eigenvalue weighted by atomic mass is 9.89. The number of rotatable bonds is 3. The molecule has 2 rings (SSSR count). The van der Waals surface area contributed by atoms with Crippen molar-refractivity contribution in [1.82, 2.24) is 10.2 Å². The van der Waals surface area contributed by atoms with Crippen molar-refractivity contribution in [3.05, 3.63) is 0 Å². The molecular weight excluding hydrogens is 240 g/mol. The molecule has 0 saturated carbocycles. The average molecular weight is 268 g/mol. The summed E-state index contributed by atoms with van der Waals surface area (Å²) in [6.45, 7) is 11.1. The van der Waals surface area contributed by atoms with E-state index in [4.69, 9.17) is 4.74 Å². The summed E-state index contributed by atoms with van der Waals surface area (Å²) in [6, 6.07) is 1.29. The van der Waals surface area contributed by atoms with Gasteiger partial charge in [-0.25, -0.2) is 4.79 Å². The summed E-state index contributed by atoms with van der Waals surface area (Å²) in [6.07, 6.45) is 3.28. The Balaban J connectivity index is 1.95. The van der Waals surface area contributed by atoms with Crippen LogP contribution in [0.5, 0.6) is 0 Å². The molecule has 2 bridgehead atoms. The zero-order valence-electron chi connectivity index (χ0n) is 12.9. The summed E-state index contributed by atoms with van der Waals surface area (Å²) in [4.78, 5) is 14.3. The van der Waals surface area contributed by atoms with Crippen LogP contribution in [0.3, 0.4) is 0 Å². The van der Waals surface area contributed by atoms with Crippen molar-refractivity contribution in [2.45, 2.75) is 77.6 Å². The predicted molar refractivity (Wildman–Crippen MR) is 76.1 cm³/mol. The van der Waals surface area contributed by atoms with E-state index in [0.717, 1.165) is 25.8 Å². The van der Waals surface area contributed by atoms with E-state index in [1.807, 2.05) is 25.7 Å². The first kappa shape index (κ1) is 14.6. The van der Waals surface area contributed by atoms with E-state index in [-0.39, 0.29) is 6.09 Å². The molecule has 4 heteroatoms. The molecule has 2 aliphatic heterocycles. The molecule has 0 radical (unpaired) electrons. The van der Waals surface area contributed by atoms with Crippen LogP contribution in [0.4, 0.5) is 4.79 Å². The molecule has 2 saturated heterocycles. The summed E-state index contributed by atoms with van der Waals surface area (Å²) in [5.74, 6) is 0.591. The molecule has 110 valence electrons. The van der Waals surface area contributed by atoms with Gasteiger partial charge >= 0.3 is 6.09 Å². The molecule has 0 spiro atoms. The van der Waals surface area contributed by atoms with Crippen LogP contribution in [0, 0.1) is 5.92 Å². The fourth-order valence-corrected chi connectivity index (χ4v) is 3.32. The van der Waals surface area contributed by atoms with Crippen molar-refractivity contribution in [3.63, 3.8) is 0 Å². The van der Waals surface area contributed by atoms with Crippen molar-refractivity contribution in [3.8, 4) is 0 Å². The topological polar surface area (TPSA) is 41.6 Å². The molecule has 19 heavy (non-hydrogen) atoms. The molecule has 1 amide bonds. The van der Waals surface area contributed by atoms with Gasteiger partial charge in [-0.2, -0.15) is 0 Å². The Hall–Kier alpha value is -0.770. The van der Waals surface area contributed by atoms with E-state index < -0.39 is 5.60 Å². The van der Waals surface area contributed by atoms with Crippen molar-refractivity contribution >= 4 is 6.09 Å². The lowest BCUT2D eigenvalue weighted by molar-refractivity contribution is 0.0205. The van der Waals surface area contributed by atoms with Crippen molar-refractivity contribution in [2.75, 3.05) is 6.54 Å². The normalized spacial score (nSPS) is 30.2. The number of nitrogens with one attached hydrogen (secondary N) is 1. The number of ether oxygens (including phenoxy) is 1. The Morgan fingerprint density at radius 3 is 2.63 bits per heavy atom. The van der Waals surface area contributed by atoms with Gasteiger partial charge in [0.05, 0.1) is 0 Å². The number of hydrogen-bond donors (Lipinski definition) is 1. The second-order valence-corrected chi connectivity index (χ2v) is 7.24. The molecule has 3 atom stereocenters. The lowest BCUT2D eigenvalue weighted by Gasteiger charge is -2.28. The molecule has 2 fully saturated rings. The minimum absolute atomic E-state index is 0.118. The minimum atomic E-state index is -0.398. The van der Waals surface area contributed by atoms with Crippen LogP contribution in [0.2, 0.25) is 0 Å². The first-order valence-electron chi connectivity index (χ1n) is 7.52. The van der Waals surface area contributed by atoms with E-state index in [0.29, 0.717) is 24.0 Å². The van der Waals surface area contributed by atoms with Gasteiger partial charge in [0.15, 0.2) is 0 Å². The quantitative estimate of drug-likeness (QED) is 0.855. The smallest absolute Gasteiger partial charge is 0.410 e. The predicted octanol–water partition coefficient (Wildman–Crippen LogP) is 2.77. The number of carbonyl (C=O) groups is 1. The molecular formula is C15H28N2O2. The van der Waals surface area contributed by atoms with E-state index in [9.17, 15) is 4.79 Å². The SMILES string of the molecule is CC(C)NCC1CC2CCC1N2C(=O)OC(C)(C)C. The molecule has 4 nitrogen and oxygen atoms in total. The van der Waals surface area contributed by atoms with Crippen LogP contribution in [0.15, 0.2) is 0 Å². The Kier molecular flexibility index (Phi) is 4.09. The number of amides is 1. The van der Waals surface area contributed by atoms with Gasteiger partial charge < -0.3 is 15.0 Å². The number of nitrogens with zero attached hydrogens (tertiary/aromatic N) is 1. The highest BCUT2D eigenvalue weighted by Crippen LogP contribution is 2.42. The second kappa shape index (κ2) is 5.31. The molecule has 0 aliphatic carbocycles. The van der Waals surface area contributed by atoms with Crippen LogP contribution >= 0.6 is 0 Å². The third-order valence-corrected chi connectivity index (χ3v) is 4.06. The highest BCUT2D eigenvalue weighted by atomic mass is 16.6. The molecule has 2 heterocycles. The van der Waals surface area contributed by atoms with Crippen molar-refractivity contribution < 1.29 is 9.53 Å². The van der Waals surface area contributed by atoms with Crippen molar-refractivity contribution in [2.24, 2.45) is 5.92 Å². The van der Waals surface area contributed by atoms with E-state index in [1.54, 1.807) is 0 Å². The standard InChI is InChI=1S/C15H28N2O2/c1-10(2)16-9-11-8-12-6-7-13(11)17(12)14(18)19-15(3,4)5/h10-13,16H,6-9H2,1-5H3. The number of carbonyl (C=O) groups excluding carboxylic acids is 1. The Morgan fingerprint density at radius 2 is 2.05 bits per heavy atom. The number of fused-ring (bicyclic) bond motifs is 2. The average Bonchev–Trinajstić information content (AvgIpc) is 2.80. The first-order chi connectivity index (χ1) is 8.78. The Bertz CT molecular complexity index is 336. The fraction of sp³-hybridized carbons (Fsp3) is 0.933. The van der Waals surface area contributed by atoms with Gasteiger partial charge in [0, 0.05) is 24.7 Å². The van der Waals surface area contributed by atoms with Gasteiger partial charge in [-0.05, 0) is 46.0 Å². The maximum Gasteiger partial charge on any atom is 0.410 e. The maximum atomic E-state index is 12.3. The number of hydrogen-bond acceptors (Lipinski definition) is 3. The molecule has 0 aromatic heterocycles. The highest BCUT2D eigenvalue weighted by molar-refractivity contribution is 5.70. The summed E-state index contributed by atoms with van der Waals surface area (Å²) in [5, 5.41) is 3.50. The van der Waals surface area contributed by atoms with Gasteiger partial charge in [-0.15, -0.1) is 0 Å². The summed E-state index contributed by atoms with van der Waals surface area (Å²) < 4.78 is 5.54. The first-order valence-corrected chi connectivity index (χ1v) is 7.52. The molecule has 3 unspecified atom stereocenters. The molecule has 0 aromatic carbocycles. The molecule has 1 N–H and O–H groups in total. The third-order valence-electron chi connectivity index (χ3n) is 4.06. The van der Waals surface area contributed by atoms with Crippen LogP contribution in [0.1, 0.15) is 53.9 Å². The van der Waals surface area contributed by atoms with Gasteiger partial charge in [-0.1, -0.05) is 13.8 Å². The monoisotopic (exact) mass is 268 g/mol. The summed E-state index contributed by atoms with van der Waals surface area (Å²) in [5.41, 5.74) is -0.398. The van der Waals surface area contributed by atoms with Crippen LogP contribution < -0.4 is 5.32 Å².